The number of para-hydroxylation sites is 2. The molecule has 0 fully saturated rings. The number of aromatic nitrogens is 3. The number of nitrogens with zero attached hydrogens (tertiary/aromatic N) is 2. The first kappa shape index (κ1) is 25.2. The molecule has 13 heteroatoms. The van der Waals surface area contributed by atoms with Gasteiger partial charge in [0.1, 0.15) is 5.02 Å². The van der Waals surface area contributed by atoms with Crippen LogP contribution in [-0.2, 0) is 10.0 Å². The van der Waals surface area contributed by atoms with Crippen molar-refractivity contribution in [3.05, 3.63) is 64.9 Å². The number of anilines is 5. The van der Waals surface area contributed by atoms with E-state index >= 15 is 0 Å². The number of benzene rings is 2. The van der Waals surface area contributed by atoms with Gasteiger partial charge in [0.25, 0.3) is 5.91 Å². The third kappa shape index (κ3) is 5.85. The SMILES string of the molecule is Cc1[nH]c2cc(Nc3ncc(Cl)c(Nc4ccccc4NS(C)(=O)=O)n3)ccc2c1C(=O)NCCO. The van der Waals surface area contributed by atoms with Crippen LogP contribution in [-0.4, -0.2) is 53.8 Å². The highest BCUT2D eigenvalue weighted by Crippen LogP contribution is 2.30. The van der Waals surface area contributed by atoms with E-state index in [-0.39, 0.29) is 35.8 Å². The normalized spacial score (nSPS) is 11.3. The molecule has 2 heterocycles. The molecule has 11 nitrogen and oxygen atoms in total. The van der Waals surface area contributed by atoms with Crippen LogP contribution in [0.5, 0.6) is 0 Å². The van der Waals surface area contributed by atoms with Crippen molar-refractivity contribution in [2.75, 3.05) is 34.8 Å². The Hall–Kier alpha value is -3.87. The summed E-state index contributed by atoms with van der Waals surface area (Å²) in [5, 5.41) is 18.8. The third-order valence-corrected chi connectivity index (χ3v) is 5.95. The zero-order valence-electron chi connectivity index (χ0n) is 19.4. The fourth-order valence-electron chi connectivity index (χ4n) is 3.61. The average molecular weight is 530 g/mol. The number of sulfonamides is 1. The highest BCUT2D eigenvalue weighted by molar-refractivity contribution is 7.92. The maximum absolute atomic E-state index is 12.5. The van der Waals surface area contributed by atoms with Gasteiger partial charge in [-0.05, 0) is 37.3 Å². The summed E-state index contributed by atoms with van der Waals surface area (Å²) >= 11 is 6.29. The number of hydrogen-bond acceptors (Lipinski definition) is 8. The Morgan fingerprint density at radius 2 is 1.89 bits per heavy atom. The number of H-pyrrole nitrogens is 1. The van der Waals surface area contributed by atoms with Gasteiger partial charge in [-0.25, -0.2) is 13.4 Å². The van der Waals surface area contributed by atoms with Crippen molar-refractivity contribution in [2.45, 2.75) is 6.92 Å². The summed E-state index contributed by atoms with van der Waals surface area (Å²) in [5.74, 6) is 0.256. The van der Waals surface area contributed by atoms with Gasteiger partial charge < -0.3 is 26.0 Å². The summed E-state index contributed by atoms with van der Waals surface area (Å²) in [6.45, 7) is 1.83. The van der Waals surface area contributed by atoms with Gasteiger partial charge in [-0.3, -0.25) is 9.52 Å². The highest BCUT2D eigenvalue weighted by atomic mass is 35.5. The predicted molar refractivity (Wildman–Crippen MR) is 141 cm³/mol. The average Bonchev–Trinajstić information content (AvgIpc) is 3.15. The zero-order chi connectivity index (χ0) is 25.9. The molecule has 188 valence electrons. The lowest BCUT2D eigenvalue weighted by atomic mass is 10.1. The molecule has 6 N–H and O–H groups in total. The van der Waals surface area contributed by atoms with Crippen LogP contribution in [0.4, 0.5) is 28.8 Å². The van der Waals surface area contributed by atoms with Gasteiger partial charge >= 0.3 is 0 Å². The fourth-order valence-corrected chi connectivity index (χ4v) is 4.33. The van der Waals surface area contributed by atoms with Gasteiger partial charge in [0.2, 0.25) is 16.0 Å². The number of nitrogens with one attached hydrogen (secondary N) is 5. The Labute approximate surface area is 212 Å². The molecule has 0 bridgehead atoms. The lowest BCUT2D eigenvalue weighted by Gasteiger charge is -2.14. The van der Waals surface area contributed by atoms with Crippen LogP contribution < -0.4 is 20.7 Å². The van der Waals surface area contributed by atoms with E-state index in [1.54, 1.807) is 43.3 Å². The number of halogens is 1. The first-order valence-electron chi connectivity index (χ1n) is 10.8. The molecule has 2 aromatic heterocycles. The summed E-state index contributed by atoms with van der Waals surface area (Å²) in [5.41, 5.74) is 3.42. The molecule has 1 amide bonds. The topological polar surface area (TPSA) is 161 Å². The smallest absolute Gasteiger partial charge is 0.253 e. The molecular weight excluding hydrogens is 506 g/mol. The molecule has 0 aliphatic heterocycles. The van der Waals surface area contributed by atoms with E-state index in [0.29, 0.717) is 28.3 Å². The Morgan fingerprint density at radius 1 is 1.14 bits per heavy atom. The van der Waals surface area contributed by atoms with Gasteiger partial charge in [0.15, 0.2) is 5.82 Å². The van der Waals surface area contributed by atoms with E-state index in [0.717, 1.165) is 17.2 Å². The Balaban J connectivity index is 1.58. The minimum absolute atomic E-state index is 0.140. The number of fused-ring (bicyclic) bond motifs is 1. The van der Waals surface area contributed by atoms with Gasteiger partial charge in [-0.15, -0.1) is 0 Å². The standard InChI is InChI=1S/C23H24ClN7O4S/c1-13-20(22(33)25-9-10-32)15-8-7-14(11-19(15)27-13)28-23-26-12-16(24)21(30-23)29-17-5-3-4-6-18(17)31-36(2,34)35/h3-8,11-12,27,31-32H,9-10H2,1-2H3,(H,25,33)(H2,26,28,29,30). The molecule has 0 saturated carbocycles. The fraction of sp³-hybridized carbons (Fsp3) is 0.174. The van der Waals surface area contributed by atoms with Crippen molar-refractivity contribution in [1.29, 1.82) is 0 Å². The van der Waals surface area contributed by atoms with Gasteiger partial charge in [-0.2, -0.15) is 4.98 Å². The molecule has 0 aliphatic rings. The Morgan fingerprint density at radius 3 is 2.61 bits per heavy atom. The second kappa shape index (κ2) is 10.4. The number of carbonyl (C=O) groups excluding carboxylic acids is 1. The van der Waals surface area contributed by atoms with Crippen LogP contribution in [0.3, 0.4) is 0 Å². The van der Waals surface area contributed by atoms with E-state index in [1.165, 1.54) is 6.20 Å². The molecule has 0 atom stereocenters. The lowest BCUT2D eigenvalue weighted by Crippen LogP contribution is -2.26. The van der Waals surface area contributed by atoms with E-state index < -0.39 is 10.0 Å². The van der Waals surface area contributed by atoms with Gasteiger partial charge in [0.05, 0.1) is 36.0 Å². The number of aryl methyl sites for hydroxylation is 1. The van der Waals surface area contributed by atoms with Crippen LogP contribution in [0.25, 0.3) is 10.9 Å². The molecule has 0 unspecified atom stereocenters. The second-order valence-corrected chi connectivity index (χ2v) is 10.1. The minimum Gasteiger partial charge on any atom is -0.395 e. The second-order valence-electron chi connectivity index (χ2n) is 7.92. The van der Waals surface area contributed by atoms with E-state index in [9.17, 15) is 13.2 Å². The summed E-state index contributed by atoms with van der Waals surface area (Å²) in [7, 11) is -3.49. The Bertz CT molecular complexity index is 1540. The maximum atomic E-state index is 12.5. The van der Waals surface area contributed by atoms with Crippen molar-refractivity contribution in [3.63, 3.8) is 0 Å². The Kier molecular flexibility index (Phi) is 7.29. The van der Waals surface area contributed by atoms with Crippen LogP contribution in [0.1, 0.15) is 16.1 Å². The van der Waals surface area contributed by atoms with Gasteiger partial charge in [-0.1, -0.05) is 23.7 Å². The maximum Gasteiger partial charge on any atom is 0.253 e. The van der Waals surface area contributed by atoms with Crippen LogP contribution >= 0.6 is 11.6 Å². The number of rotatable bonds is 9. The lowest BCUT2D eigenvalue weighted by molar-refractivity contribution is 0.0946. The first-order chi connectivity index (χ1) is 17.1. The molecule has 0 saturated heterocycles. The third-order valence-electron chi connectivity index (χ3n) is 5.09. The number of aliphatic hydroxyl groups excluding tert-OH is 1. The predicted octanol–water partition coefficient (Wildman–Crippen LogP) is 3.50. The summed E-state index contributed by atoms with van der Waals surface area (Å²) < 4.78 is 25.8. The van der Waals surface area contributed by atoms with E-state index in [2.05, 4.69) is 35.6 Å². The number of aromatic amines is 1. The molecule has 36 heavy (non-hydrogen) atoms. The molecular formula is C23H24ClN7O4S. The number of hydrogen-bond donors (Lipinski definition) is 6. The van der Waals surface area contributed by atoms with Crippen LogP contribution in [0.2, 0.25) is 5.02 Å². The quantitative estimate of drug-likeness (QED) is 0.192. The van der Waals surface area contributed by atoms with Crippen LogP contribution in [0.15, 0.2) is 48.7 Å². The molecule has 4 aromatic rings. The monoisotopic (exact) mass is 529 g/mol. The highest BCUT2D eigenvalue weighted by Gasteiger charge is 2.16. The zero-order valence-corrected chi connectivity index (χ0v) is 21.0. The molecule has 0 spiro atoms. The van der Waals surface area contributed by atoms with Crippen molar-refractivity contribution < 1.29 is 18.3 Å². The molecule has 0 aliphatic carbocycles. The summed E-state index contributed by atoms with van der Waals surface area (Å²) in [6, 6.07) is 12.2. The molecule has 4 rings (SSSR count). The van der Waals surface area contributed by atoms with Gasteiger partial charge in [0, 0.05) is 28.8 Å². The number of carbonyl (C=O) groups is 1. The van der Waals surface area contributed by atoms with E-state index in [1.807, 2.05) is 6.07 Å². The summed E-state index contributed by atoms with van der Waals surface area (Å²) in [6.07, 6.45) is 2.49. The number of amides is 1. The van der Waals surface area contributed by atoms with Crippen molar-refractivity contribution in [3.8, 4) is 0 Å². The van der Waals surface area contributed by atoms with Crippen molar-refractivity contribution in [1.82, 2.24) is 20.3 Å². The number of aliphatic hydroxyl groups is 1. The largest absolute Gasteiger partial charge is 0.395 e. The molecule has 2 aromatic carbocycles. The minimum atomic E-state index is -3.49. The van der Waals surface area contributed by atoms with Crippen molar-refractivity contribution in [2.24, 2.45) is 0 Å². The van der Waals surface area contributed by atoms with Crippen LogP contribution in [0, 0.1) is 6.92 Å². The molecule has 0 radical (unpaired) electrons. The summed E-state index contributed by atoms with van der Waals surface area (Å²) in [4.78, 5) is 24.3. The van der Waals surface area contributed by atoms with Crippen molar-refractivity contribution >= 4 is 67.3 Å². The van der Waals surface area contributed by atoms with E-state index in [4.69, 9.17) is 16.7 Å². The first-order valence-corrected chi connectivity index (χ1v) is 13.1.